The highest BCUT2D eigenvalue weighted by Crippen LogP contribution is 2.09. The summed E-state index contributed by atoms with van der Waals surface area (Å²) in [5.41, 5.74) is 5.70. The fourth-order valence-corrected chi connectivity index (χ4v) is 2.24. The van der Waals surface area contributed by atoms with Gasteiger partial charge in [0.05, 0.1) is 12.6 Å². The number of rotatable bonds is 6. The summed E-state index contributed by atoms with van der Waals surface area (Å²) in [6, 6.07) is 0.0598. The second kappa shape index (κ2) is 7.47. The van der Waals surface area contributed by atoms with Crippen molar-refractivity contribution in [3.05, 3.63) is 0 Å². The van der Waals surface area contributed by atoms with Crippen LogP contribution in [0.4, 0.5) is 0 Å². The molecule has 0 spiro atoms. The molecule has 0 amide bonds. The maximum atomic E-state index is 8.74. The molecule has 1 aliphatic rings. The summed E-state index contributed by atoms with van der Waals surface area (Å²) in [6.07, 6.45) is 0.869. The van der Waals surface area contributed by atoms with Crippen LogP contribution in [0.25, 0.3) is 0 Å². The molecule has 1 fully saturated rings. The molecule has 0 aromatic rings. The highest BCUT2D eigenvalue weighted by Gasteiger charge is 2.25. The first-order chi connectivity index (χ1) is 8.22. The number of methoxy groups -OCH3 is 1. The molecule has 0 radical (unpaired) electrons. The van der Waals surface area contributed by atoms with Gasteiger partial charge in [0.2, 0.25) is 0 Å². The zero-order chi connectivity index (χ0) is 12.7. The Morgan fingerprint density at radius 1 is 1.41 bits per heavy atom. The fraction of sp³-hybridized carbons (Fsp3) is 0.909. The molecule has 6 nitrogen and oxygen atoms in total. The monoisotopic (exact) mass is 244 g/mol. The number of piperazine rings is 1. The summed E-state index contributed by atoms with van der Waals surface area (Å²) in [6.45, 7) is 7.75. The summed E-state index contributed by atoms with van der Waals surface area (Å²) in [4.78, 5) is 4.65. The zero-order valence-electron chi connectivity index (χ0n) is 10.8. The molecule has 1 unspecified atom stereocenters. The largest absolute Gasteiger partial charge is 0.409 e. The van der Waals surface area contributed by atoms with Crippen molar-refractivity contribution in [3.63, 3.8) is 0 Å². The smallest absolute Gasteiger partial charge is 0.156 e. The Morgan fingerprint density at radius 3 is 2.53 bits per heavy atom. The van der Waals surface area contributed by atoms with Gasteiger partial charge >= 0.3 is 0 Å². The summed E-state index contributed by atoms with van der Waals surface area (Å²) in [5, 5.41) is 11.9. The molecule has 100 valence electrons. The molecule has 0 aromatic carbocycles. The summed E-state index contributed by atoms with van der Waals surface area (Å²) >= 11 is 0. The van der Waals surface area contributed by atoms with E-state index >= 15 is 0 Å². The van der Waals surface area contributed by atoms with E-state index in [1.165, 1.54) is 0 Å². The quantitative estimate of drug-likeness (QED) is 0.292. The van der Waals surface area contributed by atoms with Crippen LogP contribution in [0.5, 0.6) is 0 Å². The molecule has 1 aliphatic heterocycles. The second-order valence-corrected chi connectivity index (χ2v) is 4.32. The van der Waals surface area contributed by atoms with Crippen LogP contribution < -0.4 is 5.73 Å². The van der Waals surface area contributed by atoms with Crippen molar-refractivity contribution in [1.29, 1.82) is 0 Å². The number of ether oxygens (including phenoxy) is 1. The van der Waals surface area contributed by atoms with Gasteiger partial charge in [-0.25, -0.2) is 0 Å². The molecule has 1 heterocycles. The molecular weight excluding hydrogens is 220 g/mol. The van der Waals surface area contributed by atoms with E-state index in [-0.39, 0.29) is 6.04 Å². The van der Waals surface area contributed by atoms with E-state index in [1.807, 2.05) is 0 Å². The van der Waals surface area contributed by atoms with Crippen molar-refractivity contribution >= 4 is 5.84 Å². The Bertz CT molecular complexity index is 240. The van der Waals surface area contributed by atoms with Gasteiger partial charge < -0.3 is 15.7 Å². The third-order valence-electron chi connectivity index (χ3n) is 3.30. The first-order valence-electron chi connectivity index (χ1n) is 6.15. The third kappa shape index (κ3) is 4.14. The Balaban J connectivity index is 2.39. The third-order valence-corrected chi connectivity index (χ3v) is 3.30. The van der Waals surface area contributed by atoms with E-state index < -0.39 is 0 Å². The minimum absolute atomic E-state index is 0.0598. The second-order valence-electron chi connectivity index (χ2n) is 4.32. The lowest BCUT2D eigenvalue weighted by Gasteiger charge is -2.38. The molecule has 17 heavy (non-hydrogen) atoms. The van der Waals surface area contributed by atoms with Crippen LogP contribution in [-0.2, 0) is 4.74 Å². The van der Waals surface area contributed by atoms with Crippen molar-refractivity contribution in [1.82, 2.24) is 9.80 Å². The van der Waals surface area contributed by atoms with E-state index in [1.54, 1.807) is 7.11 Å². The lowest BCUT2D eigenvalue weighted by atomic mass is 10.1. The van der Waals surface area contributed by atoms with Crippen LogP contribution in [0.15, 0.2) is 5.16 Å². The number of nitrogens with two attached hydrogens (primary N) is 1. The first kappa shape index (κ1) is 14.2. The Morgan fingerprint density at radius 2 is 2.06 bits per heavy atom. The molecule has 6 heteroatoms. The zero-order valence-corrected chi connectivity index (χ0v) is 10.8. The summed E-state index contributed by atoms with van der Waals surface area (Å²) in [7, 11) is 1.72. The number of hydrogen-bond donors (Lipinski definition) is 2. The molecule has 0 aliphatic carbocycles. The predicted octanol–water partition coefficient (Wildman–Crippen LogP) is -0.225. The van der Waals surface area contributed by atoms with Gasteiger partial charge in [0.15, 0.2) is 5.84 Å². The predicted molar refractivity (Wildman–Crippen MR) is 67.4 cm³/mol. The van der Waals surface area contributed by atoms with Crippen LogP contribution in [0.3, 0.4) is 0 Å². The molecule has 1 saturated heterocycles. The minimum Gasteiger partial charge on any atom is -0.409 e. The van der Waals surface area contributed by atoms with Crippen molar-refractivity contribution in [2.24, 2.45) is 10.9 Å². The van der Waals surface area contributed by atoms with E-state index in [2.05, 4.69) is 21.9 Å². The van der Waals surface area contributed by atoms with Crippen LogP contribution in [0.2, 0.25) is 0 Å². The lowest BCUT2D eigenvalue weighted by Crippen LogP contribution is -2.54. The SMILES string of the molecule is CCC(C(N)=NO)N1CCN(CCOC)CC1. The number of oxime groups is 1. The number of amidine groups is 1. The average Bonchev–Trinajstić information content (AvgIpc) is 2.38. The van der Waals surface area contributed by atoms with Crippen LogP contribution in [0, 0.1) is 0 Å². The summed E-state index contributed by atoms with van der Waals surface area (Å²) in [5.74, 6) is 0.317. The molecule has 1 rings (SSSR count). The van der Waals surface area contributed by atoms with Gasteiger partial charge in [-0.1, -0.05) is 12.1 Å². The molecule has 3 N–H and O–H groups in total. The van der Waals surface area contributed by atoms with Crippen LogP contribution in [0.1, 0.15) is 13.3 Å². The first-order valence-corrected chi connectivity index (χ1v) is 6.15. The Hall–Kier alpha value is -0.850. The van der Waals surface area contributed by atoms with Gasteiger partial charge in [0.25, 0.3) is 0 Å². The standard InChI is InChI=1S/C11H24N4O2/c1-3-10(11(12)13-16)15-6-4-14(5-7-15)8-9-17-2/h10,16H,3-9H2,1-2H3,(H2,12,13). The van der Waals surface area contributed by atoms with E-state index in [9.17, 15) is 0 Å². The lowest BCUT2D eigenvalue weighted by molar-refractivity contribution is 0.0866. The Labute approximate surface area is 103 Å². The van der Waals surface area contributed by atoms with E-state index in [4.69, 9.17) is 15.7 Å². The highest BCUT2D eigenvalue weighted by molar-refractivity contribution is 5.85. The molecule has 0 bridgehead atoms. The van der Waals surface area contributed by atoms with Gasteiger partial charge in [-0.15, -0.1) is 0 Å². The van der Waals surface area contributed by atoms with Crippen LogP contribution >= 0.6 is 0 Å². The normalized spacial score (nSPS) is 21.6. The number of nitrogens with zero attached hydrogens (tertiary/aromatic N) is 3. The fourth-order valence-electron chi connectivity index (χ4n) is 2.24. The molecule has 0 saturated carbocycles. The van der Waals surface area contributed by atoms with Gasteiger partial charge in [0, 0.05) is 39.8 Å². The van der Waals surface area contributed by atoms with Gasteiger partial charge in [0.1, 0.15) is 0 Å². The minimum atomic E-state index is 0.0598. The maximum absolute atomic E-state index is 8.74. The van der Waals surface area contributed by atoms with E-state index in [0.717, 1.165) is 45.8 Å². The average molecular weight is 244 g/mol. The maximum Gasteiger partial charge on any atom is 0.156 e. The number of hydrogen-bond acceptors (Lipinski definition) is 5. The molecular formula is C11H24N4O2. The highest BCUT2D eigenvalue weighted by atomic mass is 16.5. The molecule has 0 aromatic heterocycles. The topological polar surface area (TPSA) is 74.3 Å². The van der Waals surface area contributed by atoms with Crippen molar-refractivity contribution in [2.75, 3.05) is 46.4 Å². The van der Waals surface area contributed by atoms with Gasteiger partial charge in [-0.3, -0.25) is 9.80 Å². The van der Waals surface area contributed by atoms with Crippen LogP contribution in [-0.4, -0.2) is 73.3 Å². The summed E-state index contributed by atoms with van der Waals surface area (Å²) < 4.78 is 5.07. The Kier molecular flexibility index (Phi) is 6.25. The van der Waals surface area contributed by atoms with E-state index in [0.29, 0.717) is 5.84 Å². The van der Waals surface area contributed by atoms with Gasteiger partial charge in [-0.2, -0.15) is 0 Å². The van der Waals surface area contributed by atoms with Crippen molar-refractivity contribution in [2.45, 2.75) is 19.4 Å². The van der Waals surface area contributed by atoms with Crippen molar-refractivity contribution in [3.8, 4) is 0 Å². The van der Waals surface area contributed by atoms with Crippen molar-refractivity contribution < 1.29 is 9.94 Å². The van der Waals surface area contributed by atoms with Gasteiger partial charge in [-0.05, 0) is 6.42 Å². The molecule has 1 atom stereocenters.